The number of ether oxygens (including phenoxy) is 2. The minimum absolute atomic E-state index is 0.114. The smallest absolute Gasteiger partial charge is 0.322 e. The zero-order chi connectivity index (χ0) is 23.3. The van der Waals surface area contributed by atoms with E-state index in [0.29, 0.717) is 6.42 Å². The molecule has 0 unspecified atom stereocenters. The Morgan fingerprint density at radius 3 is 2.42 bits per heavy atom. The third-order valence-corrected chi connectivity index (χ3v) is 7.01. The van der Waals surface area contributed by atoms with Crippen LogP contribution in [0.3, 0.4) is 0 Å². The van der Waals surface area contributed by atoms with Gasteiger partial charge in [-0.25, -0.2) is 4.79 Å². The van der Waals surface area contributed by atoms with Crippen LogP contribution in [-0.4, -0.2) is 49.7 Å². The lowest BCUT2D eigenvalue weighted by Crippen LogP contribution is -2.56. The highest BCUT2D eigenvalue weighted by Gasteiger charge is 2.51. The van der Waals surface area contributed by atoms with Gasteiger partial charge in [0.15, 0.2) is 0 Å². The lowest BCUT2D eigenvalue weighted by atomic mass is 9.74. The highest BCUT2D eigenvalue weighted by molar-refractivity contribution is 6.07. The number of amides is 3. The summed E-state index contributed by atoms with van der Waals surface area (Å²) in [5, 5.41) is 5.52. The average molecular weight is 452 g/mol. The third kappa shape index (κ3) is 5.14. The van der Waals surface area contributed by atoms with Gasteiger partial charge in [0.1, 0.15) is 17.0 Å². The Hall–Kier alpha value is -3.06. The number of imide groups is 1. The Balaban J connectivity index is 1.40. The van der Waals surface area contributed by atoms with Gasteiger partial charge in [0.05, 0.1) is 14.2 Å². The molecular formula is C26H33N3O4. The van der Waals surface area contributed by atoms with Crippen molar-refractivity contribution in [1.82, 2.24) is 15.5 Å². The van der Waals surface area contributed by atoms with Gasteiger partial charge in [-0.05, 0) is 74.9 Å². The lowest BCUT2D eigenvalue weighted by Gasteiger charge is -2.41. The molecule has 0 aromatic heterocycles. The summed E-state index contributed by atoms with van der Waals surface area (Å²) in [6, 6.07) is 15.7. The van der Waals surface area contributed by atoms with Crippen molar-refractivity contribution in [2.24, 2.45) is 5.92 Å². The van der Waals surface area contributed by atoms with Crippen molar-refractivity contribution in [2.45, 2.75) is 44.2 Å². The molecule has 7 heteroatoms. The van der Waals surface area contributed by atoms with E-state index in [1.165, 1.54) is 5.56 Å². The summed E-state index contributed by atoms with van der Waals surface area (Å²) in [7, 11) is 3.34. The number of nitrogens with one attached hydrogen (secondary N) is 2. The first-order chi connectivity index (χ1) is 16.0. The van der Waals surface area contributed by atoms with Crippen LogP contribution in [0.15, 0.2) is 48.5 Å². The van der Waals surface area contributed by atoms with Crippen molar-refractivity contribution in [3.05, 3.63) is 59.7 Å². The molecule has 33 heavy (non-hydrogen) atoms. The van der Waals surface area contributed by atoms with Crippen molar-refractivity contribution >= 4 is 11.9 Å². The normalized spacial score (nSPS) is 21.5. The molecular weight excluding hydrogens is 418 g/mol. The van der Waals surface area contributed by atoms with Crippen LogP contribution in [0.1, 0.15) is 36.8 Å². The number of methoxy groups -OCH3 is 2. The maximum Gasteiger partial charge on any atom is 0.322 e. The monoisotopic (exact) mass is 451 g/mol. The molecule has 2 aromatic carbocycles. The van der Waals surface area contributed by atoms with Crippen molar-refractivity contribution in [3.8, 4) is 11.5 Å². The van der Waals surface area contributed by atoms with Crippen LogP contribution in [0.4, 0.5) is 4.79 Å². The molecule has 2 aliphatic heterocycles. The number of hydrogen-bond donors (Lipinski definition) is 2. The second kappa shape index (κ2) is 10.3. The fourth-order valence-corrected chi connectivity index (χ4v) is 5.22. The van der Waals surface area contributed by atoms with Crippen LogP contribution in [0.2, 0.25) is 0 Å². The van der Waals surface area contributed by atoms with Crippen LogP contribution in [0.25, 0.3) is 0 Å². The molecule has 2 aliphatic rings. The largest absolute Gasteiger partial charge is 0.497 e. The summed E-state index contributed by atoms with van der Waals surface area (Å²) in [6.45, 7) is 2.47. The SMILES string of the molecule is COc1ccc(OC)c(CN2CCC([C@]3(CCCc4ccccc4)NC(=O)NC3=O)CC2)c1. The Morgan fingerprint density at radius 2 is 1.79 bits per heavy atom. The first-order valence-electron chi connectivity index (χ1n) is 11.6. The molecule has 2 aromatic rings. The van der Waals surface area contributed by atoms with Crippen LogP contribution >= 0.6 is 0 Å². The summed E-state index contributed by atoms with van der Waals surface area (Å²) in [6.07, 6.45) is 4.09. The predicted octanol–water partition coefficient (Wildman–Crippen LogP) is 3.52. The molecule has 176 valence electrons. The molecule has 0 saturated carbocycles. The second-order valence-electron chi connectivity index (χ2n) is 8.95. The van der Waals surface area contributed by atoms with E-state index in [1.54, 1.807) is 14.2 Å². The van der Waals surface area contributed by atoms with Gasteiger partial charge < -0.3 is 14.8 Å². The number of rotatable bonds is 9. The van der Waals surface area contributed by atoms with Crippen LogP contribution in [0.5, 0.6) is 11.5 Å². The number of benzene rings is 2. The van der Waals surface area contributed by atoms with E-state index in [-0.39, 0.29) is 17.9 Å². The Morgan fingerprint density at radius 1 is 1.03 bits per heavy atom. The van der Waals surface area contributed by atoms with Gasteiger partial charge in [-0.15, -0.1) is 0 Å². The Labute approximate surface area is 195 Å². The summed E-state index contributed by atoms with van der Waals surface area (Å²) < 4.78 is 10.9. The highest BCUT2D eigenvalue weighted by Crippen LogP contribution is 2.36. The number of carbonyl (C=O) groups excluding carboxylic acids is 2. The molecule has 0 radical (unpaired) electrons. The topological polar surface area (TPSA) is 79.9 Å². The van der Waals surface area contributed by atoms with Crippen molar-refractivity contribution < 1.29 is 19.1 Å². The van der Waals surface area contributed by atoms with Gasteiger partial charge in [-0.3, -0.25) is 15.0 Å². The van der Waals surface area contributed by atoms with E-state index in [0.717, 1.165) is 62.4 Å². The standard InChI is InChI=1S/C26H33N3O4/c1-32-22-10-11-23(33-2)20(17-22)18-29-15-12-21(13-16-29)26(24(30)27-25(31)28-26)14-6-9-19-7-4-3-5-8-19/h3-5,7-8,10-11,17,21H,6,9,12-16,18H2,1-2H3,(H2,27,28,30,31)/t26-/m0/s1. The summed E-state index contributed by atoms with van der Waals surface area (Å²) in [4.78, 5) is 27.4. The first-order valence-corrected chi connectivity index (χ1v) is 11.6. The molecule has 2 fully saturated rings. The Bertz CT molecular complexity index is 973. The number of urea groups is 1. The fraction of sp³-hybridized carbons (Fsp3) is 0.462. The van der Waals surface area contributed by atoms with Gasteiger partial charge >= 0.3 is 6.03 Å². The van der Waals surface area contributed by atoms with Gasteiger partial charge in [-0.1, -0.05) is 30.3 Å². The quantitative estimate of drug-likeness (QED) is 0.571. The van der Waals surface area contributed by atoms with E-state index in [2.05, 4.69) is 27.7 Å². The van der Waals surface area contributed by atoms with Gasteiger partial charge in [0.2, 0.25) is 0 Å². The highest BCUT2D eigenvalue weighted by atomic mass is 16.5. The predicted molar refractivity (Wildman–Crippen MR) is 126 cm³/mol. The summed E-state index contributed by atoms with van der Waals surface area (Å²) in [5.74, 6) is 1.60. The number of piperidine rings is 1. The molecule has 0 spiro atoms. The van der Waals surface area contributed by atoms with E-state index < -0.39 is 5.54 Å². The van der Waals surface area contributed by atoms with Crippen molar-refractivity contribution in [3.63, 3.8) is 0 Å². The minimum atomic E-state index is -0.814. The average Bonchev–Trinajstić information content (AvgIpc) is 3.13. The maximum absolute atomic E-state index is 12.9. The second-order valence-corrected chi connectivity index (χ2v) is 8.95. The van der Waals surface area contributed by atoms with Crippen LogP contribution < -0.4 is 20.1 Å². The van der Waals surface area contributed by atoms with Gasteiger partial charge in [0.25, 0.3) is 5.91 Å². The number of hydrogen-bond acceptors (Lipinski definition) is 5. The van der Waals surface area contributed by atoms with Gasteiger partial charge in [0, 0.05) is 12.1 Å². The number of carbonyl (C=O) groups is 2. The molecule has 4 rings (SSSR count). The van der Waals surface area contributed by atoms with Crippen molar-refractivity contribution in [2.75, 3.05) is 27.3 Å². The third-order valence-electron chi connectivity index (χ3n) is 7.01. The summed E-state index contributed by atoms with van der Waals surface area (Å²) in [5.41, 5.74) is 1.52. The van der Waals surface area contributed by atoms with E-state index in [4.69, 9.17) is 9.47 Å². The molecule has 2 heterocycles. The Kier molecular flexibility index (Phi) is 7.18. The van der Waals surface area contributed by atoms with Crippen molar-refractivity contribution in [1.29, 1.82) is 0 Å². The molecule has 7 nitrogen and oxygen atoms in total. The number of nitrogens with zero attached hydrogens (tertiary/aromatic N) is 1. The molecule has 0 bridgehead atoms. The zero-order valence-corrected chi connectivity index (χ0v) is 19.4. The number of likely N-dealkylation sites (tertiary alicyclic amines) is 1. The van der Waals surface area contributed by atoms with E-state index in [1.807, 2.05) is 36.4 Å². The minimum Gasteiger partial charge on any atom is -0.497 e. The van der Waals surface area contributed by atoms with Gasteiger partial charge in [-0.2, -0.15) is 0 Å². The first kappa shape index (κ1) is 23.1. The van der Waals surface area contributed by atoms with E-state index in [9.17, 15) is 9.59 Å². The van der Waals surface area contributed by atoms with Crippen LogP contribution in [-0.2, 0) is 17.8 Å². The molecule has 3 amide bonds. The fourth-order valence-electron chi connectivity index (χ4n) is 5.22. The molecule has 0 aliphatic carbocycles. The molecule has 2 N–H and O–H groups in total. The maximum atomic E-state index is 12.9. The number of aryl methyl sites for hydroxylation is 1. The lowest BCUT2D eigenvalue weighted by molar-refractivity contribution is -0.127. The van der Waals surface area contributed by atoms with E-state index >= 15 is 0 Å². The molecule has 1 atom stereocenters. The van der Waals surface area contributed by atoms with Crippen LogP contribution in [0, 0.1) is 5.92 Å². The molecule has 2 saturated heterocycles. The summed E-state index contributed by atoms with van der Waals surface area (Å²) >= 11 is 0. The zero-order valence-electron chi connectivity index (χ0n) is 19.4.